The first-order chi connectivity index (χ1) is 7.36. The minimum absolute atomic E-state index is 0.00192. The molecule has 16 heavy (non-hydrogen) atoms. The largest absolute Gasteiger partial charge is 0.458 e. The van der Waals surface area contributed by atoms with E-state index in [-0.39, 0.29) is 12.1 Å². The second kappa shape index (κ2) is 5.03. The molecule has 0 bridgehead atoms. The smallest absolute Gasteiger partial charge is 0.303 e. The van der Waals surface area contributed by atoms with Crippen molar-refractivity contribution < 1.29 is 9.53 Å². The molecule has 2 atom stereocenters. The van der Waals surface area contributed by atoms with E-state index in [2.05, 4.69) is 33.8 Å². The van der Waals surface area contributed by atoms with E-state index < -0.39 is 0 Å². The van der Waals surface area contributed by atoms with Crippen LogP contribution in [0.3, 0.4) is 0 Å². The van der Waals surface area contributed by atoms with Gasteiger partial charge in [0.15, 0.2) is 0 Å². The number of esters is 1. The highest BCUT2D eigenvalue weighted by molar-refractivity contribution is 5.66. The summed E-state index contributed by atoms with van der Waals surface area (Å²) in [5.74, 6) is 0.443. The van der Waals surface area contributed by atoms with Gasteiger partial charge in [-0.05, 0) is 36.7 Å². The maximum atomic E-state index is 11.0. The molecular weight excluding hydrogens is 200 g/mol. The summed E-state index contributed by atoms with van der Waals surface area (Å²) in [7, 11) is 0. The molecule has 1 aliphatic carbocycles. The van der Waals surface area contributed by atoms with Gasteiger partial charge in [-0.25, -0.2) is 0 Å². The molecule has 0 aliphatic heterocycles. The Balaban J connectivity index is 2.73. The van der Waals surface area contributed by atoms with E-state index in [1.165, 1.54) is 12.5 Å². The van der Waals surface area contributed by atoms with Gasteiger partial charge in [0.25, 0.3) is 0 Å². The zero-order valence-electron chi connectivity index (χ0n) is 11.2. The molecule has 2 heteroatoms. The summed E-state index contributed by atoms with van der Waals surface area (Å²) in [6.07, 6.45) is 5.49. The molecule has 0 saturated carbocycles. The van der Waals surface area contributed by atoms with Crippen LogP contribution in [0.2, 0.25) is 0 Å². The van der Waals surface area contributed by atoms with E-state index in [1.54, 1.807) is 0 Å². The molecule has 0 amide bonds. The molecule has 0 aromatic rings. The SMILES string of the molecule is CCC(C)(C)C1CC=C(C)C(OC(C)=O)C1. The minimum Gasteiger partial charge on any atom is -0.458 e. The zero-order valence-corrected chi connectivity index (χ0v) is 11.2. The first-order valence-corrected chi connectivity index (χ1v) is 6.20. The Morgan fingerprint density at radius 2 is 2.19 bits per heavy atom. The van der Waals surface area contributed by atoms with E-state index in [4.69, 9.17) is 4.74 Å². The fraction of sp³-hybridized carbons (Fsp3) is 0.786. The van der Waals surface area contributed by atoms with Gasteiger partial charge in [0.1, 0.15) is 6.10 Å². The van der Waals surface area contributed by atoms with Gasteiger partial charge in [-0.15, -0.1) is 0 Å². The van der Waals surface area contributed by atoms with Crippen LogP contribution in [0.5, 0.6) is 0 Å². The summed E-state index contributed by atoms with van der Waals surface area (Å²) in [5, 5.41) is 0. The zero-order chi connectivity index (χ0) is 12.3. The first-order valence-electron chi connectivity index (χ1n) is 6.20. The van der Waals surface area contributed by atoms with Crippen LogP contribution >= 0.6 is 0 Å². The predicted molar refractivity (Wildman–Crippen MR) is 66.1 cm³/mol. The average molecular weight is 224 g/mol. The van der Waals surface area contributed by atoms with Gasteiger partial charge in [-0.3, -0.25) is 4.79 Å². The standard InChI is InChI=1S/C14H24O2/c1-6-14(4,5)12-8-7-10(2)13(9-12)16-11(3)15/h7,12-13H,6,8-9H2,1-5H3. The lowest BCUT2D eigenvalue weighted by atomic mass is 9.69. The van der Waals surface area contributed by atoms with Gasteiger partial charge in [-0.1, -0.05) is 33.3 Å². The fourth-order valence-corrected chi connectivity index (χ4v) is 2.27. The number of carbonyl (C=O) groups excluding carboxylic acids is 1. The van der Waals surface area contributed by atoms with Crippen LogP contribution in [0, 0.1) is 11.3 Å². The Hall–Kier alpha value is -0.790. The Morgan fingerprint density at radius 3 is 2.69 bits per heavy atom. The maximum Gasteiger partial charge on any atom is 0.303 e. The molecule has 0 aromatic heterocycles. The van der Waals surface area contributed by atoms with Gasteiger partial charge in [0.05, 0.1) is 0 Å². The molecule has 92 valence electrons. The van der Waals surface area contributed by atoms with Crippen molar-refractivity contribution in [3.05, 3.63) is 11.6 Å². The Bertz CT molecular complexity index is 289. The highest BCUT2D eigenvalue weighted by Gasteiger charge is 2.33. The normalized spacial score (nSPS) is 26.2. The van der Waals surface area contributed by atoms with Crippen molar-refractivity contribution in [3.63, 3.8) is 0 Å². The summed E-state index contributed by atoms with van der Waals surface area (Å²) in [6, 6.07) is 0. The van der Waals surface area contributed by atoms with Crippen LogP contribution in [-0.4, -0.2) is 12.1 Å². The third-order valence-corrected chi connectivity index (χ3v) is 4.06. The third kappa shape index (κ3) is 3.10. The Morgan fingerprint density at radius 1 is 1.56 bits per heavy atom. The quantitative estimate of drug-likeness (QED) is 0.539. The van der Waals surface area contributed by atoms with Crippen LogP contribution in [0.1, 0.15) is 53.9 Å². The molecule has 1 rings (SSSR count). The van der Waals surface area contributed by atoms with Crippen LogP contribution in [-0.2, 0) is 9.53 Å². The van der Waals surface area contributed by atoms with Gasteiger partial charge in [0.2, 0.25) is 0 Å². The van der Waals surface area contributed by atoms with E-state index in [1.807, 2.05) is 0 Å². The Labute approximate surface area is 99.1 Å². The number of hydrogen-bond acceptors (Lipinski definition) is 2. The summed E-state index contributed by atoms with van der Waals surface area (Å²) >= 11 is 0. The minimum atomic E-state index is -0.173. The lowest BCUT2D eigenvalue weighted by molar-refractivity contribution is -0.146. The highest BCUT2D eigenvalue weighted by Crippen LogP contribution is 2.40. The molecule has 2 nitrogen and oxygen atoms in total. The van der Waals surface area contributed by atoms with Crippen LogP contribution in [0.25, 0.3) is 0 Å². The second-order valence-electron chi connectivity index (χ2n) is 5.56. The summed E-state index contributed by atoms with van der Waals surface area (Å²) in [5.41, 5.74) is 1.54. The molecule has 0 fully saturated rings. The molecule has 0 radical (unpaired) electrons. The highest BCUT2D eigenvalue weighted by atomic mass is 16.5. The number of rotatable bonds is 3. The van der Waals surface area contributed by atoms with E-state index in [0.29, 0.717) is 11.3 Å². The number of hydrogen-bond donors (Lipinski definition) is 0. The van der Waals surface area contributed by atoms with E-state index in [0.717, 1.165) is 19.3 Å². The van der Waals surface area contributed by atoms with Gasteiger partial charge in [0, 0.05) is 6.92 Å². The molecule has 0 spiro atoms. The first kappa shape index (κ1) is 13.3. The second-order valence-corrected chi connectivity index (χ2v) is 5.56. The number of ether oxygens (including phenoxy) is 1. The van der Waals surface area contributed by atoms with Gasteiger partial charge >= 0.3 is 5.97 Å². The molecule has 0 heterocycles. The Kier molecular flexibility index (Phi) is 4.17. The number of carbonyl (C=O) groups is 1. The average Bonchev–Trinajstić information content (AvgIpc) is 2.20. The van der Waals surface area contributed by atoms with Crippen LogP contribution < -0.4 is 0 Å². The lowest BCUT2D eigenvalue weighted by Gasteiger charge is -2.38. The van der Waals surface area contributed by atoms with Crippen LogP contribution in [0.15, 0.2) is 11.6 Å². The van der Waals surface area contributed by atoms with Crippen molar-refractivity contribution in [1.82, 2.24) is 0 Å². The topological polar surface area (TPSA) is 26.3 Å². The lowest BCUT2D eigenvalue weighted by Crippen LogP contribution is -2.32. The summed E-state index contributed by atoms with van der Waals surface area (Å²) in [4.78, 5) is 11.0. The molecule has 0 aromatic carbocycles. The van der Waals surface area contributed by atoms with Crippen molar-refractivity contribution >= 4 is 5.97 Å². The van der Waals surface area contributed by atoms with Crippen molar-refractivity contribution in [2.45, 2.75) is 60.0 Å². The number of allylic oxidation sites excluding steroid dienone is 1. The van der Waals surface area contributed by atoms with Crippen molar-refractivity contribution in [3.8, 4) is 0 Å². The predicted octanol–water partition coefficient (Wildman–Crippen LogP) is 3.71. The van der Waals surface area contributed by atoms with Crippen LogP contribution in [0.4, 0.5) is 0 Å². The monoisotopic (exact) mass is 224 g/mol. The summed E-state index contributed by atoms with van der Waals surface area (Å²) in [6.45, 7) is 10.4. The van der Waals surface area contributed by atoms with E-state index in [9.17, 15) is 4.79 Å². The van der Waals surface area contributed by atoms with Crippen molar-refractivity contribution in [2.75, 3.05) is 0 Å². The maximum absolute atomic E-state index is 11.0. The third-order valence-electron chi connectivity index (χ3n) is 4.06. The molecule has 1 aliphatic rings. The van der Waals surface area contributed by atoms with Gasteiger partial charge < -0.3 is 4.74 Å². The molecule has 0 N–H and O–H groups in total. The molecule has 2 unspecified atom stereocenters. The van der Waals surface area contributed by atoms with Crippen molar-refractivity contribution in [1.29, 1.82) is 0 Å². The van der Waals surface area contributed by atoms with E-state index >= 15 is 0 Å². The summed E-state index contributed by atoms with van der Waals surface area (Å²) < 4.78 is 5.37. The van der Waals surface area contributed by atoms with Crippen molar-refractivity contribution in [2.24, 2.45) is 11.3 Å². The van der Waals surface area contributed by atoms with Gasteiger partial charge in [-0.2, -0.15) is 0 Å². The fourth-order valence-electron chi connectivity index (χ4n) is 2.27. The molecular formula is C14H24O2. The molecule has 0 saturated heterocycles.